The van der Waals surface area contributed by atoms with Gasteiger partial charge in [0.05, 0.1) is 0 Å². The van der Waals surface area contributed by atoms with Crippen LogP contribution in [0.1, 0.15) is 31.2 Å². The van der Waals surface area contributed by atoms with Gasteiger partial charge in [-0.05, 0) is 25.0 Å². The molecule has 0 aromatic heterocycles. The lowest BCUT2D eigenvalue weighted by Crippen LogP contribution is -2.33. The minimum absolute atomic E-state index is 0.107. The number of nitrogens with one attached hydrogen (secondary N) is 1. The van der Waals surface area contributed by atoms with E-state index in [-0.39, 0.29) is 10.9 Å². The number of nitriles is 1. The molecule has 1 aromatic rings. The number of halogens is 1. The maximum atomic E-state index is 13.4. The first-order chi connectivity index (χ1) is 8.54. The molecule has 0 radical (unpaired) electrons. The van der Waals surface area contributed by atoms with Crippen molar-refractivity contribution < 1.29 is 12.8 Å². The molecular weight excluding hydrogens is 255 g/mol. The Morgan fingerprint density at radius 3 is 2.61 bits per heavy atom. The summed E-state index contributed by atoms with van der Waals surface area (Å²) in [7, 11) is -3.82. The first kappa shape index (κ1) is 13.0. The standard InChI is InChI=1S/C12H13FN2O2S/c13-11-6-3-7-12(10(11)8-14)18(16,17)15-9-4-1-2-5-9/h3,6-7,9,15H,1-2,4-5H2. The molecule has 0 unspecified atom stereocenters. The average Bonchev–Trinajstić information content (AvgIpc) is 2.80. The zero-order valence-corrected chi connectivity index (χ0v) is 10.5. The van der Waals surface area contributed by atoms with Crippen LogP contribution in [0.3, 0.4) is 0 Å². The number of hydrogen-bond donors (Lipinski definition) is 1. The average molecular weight is 268 g/mol. The minimum atomic E-state index is -3.82. The van der Waals surface area contributed by atoms with Crippen molar-refractivity contribution in [3.05, 3.63) is 29.6 Å². The summed E-state index contributed by atoms with van der Waals surface area (Å²) in [6, 6.07) is 5.11. The van der Waals surface area contributed by atoms with Crippen molar-refractivity contribution in [1.29, 1.82) is 5.26 Å². The summed E-state index contributed by atoms with van der Waals surface area (Å²) < 4.78 is 40.1. The molecule has 0 bridgehead atoms. The van der Waals surface area contributed by atoms with Crippen molar-refractivity contribution in [1.82, 2.24) is 4.72 Å². The van der Waals surface area contributed by atoms with Gasteiger partial charge in [0.25, 0.3) is 0 Å². The number of hydrogen-bond acceptors (Lipinski definition) is 3. The summed E-state index contributed by atoms with van der Waals surface area (Å²) in [4.78, 5) is -0.281. The maximum absolute atomic E-state index is 13.4. The van der Waals surface area contributed by atoms with Crippen molar-refractivity contribution in [2.24, 2.45) is 0 Å². The summed E-state index contributed by atoms with van der Waals surface area (Å²) in [5.41, 5.74) is -0.428. The normalized spacial score (nSPS) is 16.7. The van der Waals surface area contributed by atoms with E-state index >= 15 is 0 Å². The van der Waals surface area contributed by atoms with E-state index in [2.05, 4.69) is 4.72 Å². The highest BCUT2D eigenvalue weighted by molar-refractivity contribution is 7.89. The molecule has 0 saturated heterocycles. The van der Waals surface area contributed by atoms with Gasteiger partial charge >= 0.3 is 0 Å². The fourth-order valence-electron chi connectivity index (χ4n) is 2.16. The van der Waals surface area contributed by atoms with E-state index in [0.717, 1.165) is 31.7 Å². The highest BCUT2D eigenvalue weighted by Gasteiger charge is 2.26. The molecule has 1 saturated carbocycles. The van der Waals surface area contributed by atoms with Crippen molar-refractivity contribution in [3.63, 3.8) is 0 Å². The van der Waals surface area contributed by atoms with Crippen LogP contribution in [0.5, 0.6) is 0 Å². The highest BCUT2D eigenvalue weighted by Crippen LogP contribution is 2.22. The second-order valence-corrected chi connectivity index (χ2v) is 6.01. The van der Waals surface area contributed by atoms with Crippen LogP contribution in [-0.4, -0.2) is 14.5 Å². The molecule has 6 heteroatoms. The number of rotatable bonds is 3. The van der Waals surface area contributed by atoms with E-state index in [1.165, 1.54) is 12.1 Å². The van der Waals surface area contributed by atoms with Crippen LogP contribution in [0.2, 0.25) is 0 Å². The molecule has 96 valence electrons. The molecule has 1 aliphatic rings. The van der Waals surface area contributed by atoms with Crippen LogP contribution in [0, 0.1) is 17.1 Å². The largest absolute Gasteiger partial charge is 0.242 e. The van der Waals surface area contributed by atoms with Gasteiger partial charge in [-0.1, -0.05) is 18.9 Å². The quantitative estimate of drug-likeness (QED) is 0.910. The Kier molecular flexibility index (Phi) is 3.64. The van der Waals surface area contributed by atoms with E-state index in [9.17, 15) is 12.8 Å². The van der Waals surface area contributed by atoms with Crippen LogP contribution in [0.15, 0.2) is 23.1 Å². The topological polar surface area (TPSA) is 70.0 Å². The first-order valence-electron chi connectivity index (χ1n) is 5.75. The Morgan fingerprint density at radius 2 is 2.00 bits per heavy atom. The van der Waals surface area contributed by atoms with E-state index in [1.807, 2.05) is 0 Å². The Balaban J connectivity index is 2.35. The lowest BCUT2D eigenvalue weighted by Gasteiger charge is -2.13. The molecule has 0 aliphatic heterocycles. The molecule has 1 N–H and O–H groups in total. The number of sulfonamides is 1. The second-order valence-electron chi connectivity index (χ2n) is 4.33. The Hall–Kier alpha value is -1.45. The van der Waals surface area contributed by atoms with E-state index in [4.69, 9.17) is 5.26 Å². The zero-order valence-electron chi connectivity index (χ0n) is 9.69. The van der Waals surface area contributed by atoms with Gasteiger partial charge in [0.2, 0.25) is 10.0 Å². The van der Waals surface area contributed by atoms with Crippen LogP contribution < -0.4 is 4.72 Å². The summed E-state index contributed by atoms with van der Waals surface area (Å²) in [5.74, 6) is -0.813. The van der Waals surface area contributed by atoms with E-state index in [1.54, 1.807) is 6.07 Å². The molecule has 0 amide bonds. The summed E-state index contributed by atoms with van der Waals surface area (Å²) >= 11 is 0. The fraction of sp³-hybridized carbons (Fsp3) is 0.417. The predicted molar refractivity (Wildman–Crippen MR) is 63.7 cm³/mol. The summed E-state index contributed by atoms with van der Waals surface area (Å²) in [6.45, 7) is 0. The predicted octanol–water partition coefficient (Wildman–Crippen LogP) is 1.92. The maximum Gasteiger partial charge on any atom is 0.242 e. The Morgan fingerprint density at radius 1 is 1.33 bits per heavy atom. The lowest BCUT2D eigenvalue weighted by atomic mass is 10.2. The fourth-order valence-corrected chi connectivity index (χ4v) is 3.63. The van der Waals surface area contributed by atoms with Gasteiger partial charge in [0.1, 0.15) is 22.3 Å². The monoisotopic (exact) mass is 268 g/mol. The summed E-state index contributed by atoms with van der Waals surface area (Å²) in [5, 5.41) is 8.84. The van der Waals surface area contributed by atoms with Crippen molar-refractivity contribution in [2.75, 3.05) is 0 Å². The van der Waals surface area contributed by atoms with Crippen LogP contribution >= 0.6 is 0 Å². The number of nitrogens with zero attached hydrogens (tertiary/aromatic N) is 1. The molecule has 2 rings (SSSR count). The SMILES string of the molecule is N#Cc1c(F)cccc1S(=O)(=O)NC1CCCC1. The van der Waals surface area contributed by atoms with Crippen molar-refractivity contribution in [2.45, 2.75) is 36.6 Å². The smallest absolute Gasteiger partial charge is 0.208 e. The van der Waals surface area contributed by atoms with Crippen LogP contribution in [-0.2, 0) is 10.0 Å². The van der Waals surface area contributed by atoms with Crippen molar-refractivity contribution >= 4 is 10.0 Å². The summed E-state index contributed by atoms with van der Waals surface area (Å²) in [6.07, 6.45) is 3.55. The molecule has 1 aliphatic carbocycles. The Bertz CT molecular complexity index is 587. The molecule has 1 fully saturated rings. The second kappa shape index (κ2) is 5.04. The van der Waals surface area contributed by atoms with Gasteiger partial charge in [-0.3, -0.25) is 0 Å². The minimum Gasteiger partial charge on any atom is -0.208 e. The molecule has 0 heterocycles. The van der Waals surface area contributed by atoms with Gasteiger partial charge in [0, 0.05) is 6.04 Å². The van der Waals surface area contributed by atoms with Gasteiger partial charge in [-0.15, -0.1) is 0 Å². The van der Waals surface area contributed by atoms with Gasteiger partial charge in [0.15, 0.2) is 0 Å². The molecule has 0 spiro atoms. The van der Waals surface area contributed by atoms with E-state index in [0.29, 0.717) is 0 Å². The van der Waals surface area contributed by atoms with Crippen LogP contribution in [0.25, 0.3) is 0 Å². The first-order valence-corrected chi connectivity index (χ1v) is 7.24. The zero-order chi connectivity index (χ0) is 13.2. The molecular formula is C12H13FN2O2S. The highest BCUT2D eigenvalue weighted by atomic mass is 32.2. The van der Waals surface area contributed by atoms with Crippen molar-refractivity contribution in [3.8, 4) is 6.07 Å². The molecule has 0 atom stereocenters. The molecule has 4 nitrogen and oxygen atoms in total. The molecule has 1 aromatic carbocycles. The van der Waals surface area contributed by atoms with Gasteiger partial charge in [-0.25, -0.2) is 17.5 Å². The van der Waals surface area contributed by atoms with Gasteiger partial charge in [-0.2, -0.15) is 5.26 Å². The van der Waals surface area contributed by atoms with Gasteiger partial charge < -0.3 is 0 Å². The third kappa shape index (κ3) is 2.52. The Labute approximate surface area is 105 Å². The van der Waals surface area contributed by atoms with E-state index < -0.39 is 21.4 Å². The van der Waals surface area contributed by atoms with Crippen LogP contribution in [0.4, 0.5) is 4.39 Å². The molecule has 18 heavy (non-hydrogen) atoms. The lowest BCUT2D eigenvalue weighted by molar-refractivity contribution is 0.549. The third-order valence-electron chi connectivity index (χ3n) is 3.05. The third-order valence-corrected chi connectivity index (χ3v) is 4.62. The number of benzene rings is 1.